The van der Waals surface area contributed by atoms with E-state index in [0.29, 0.717) is 22.6 Å². The number of alkyl halides is 3. The third-order valence-corrected chi connectivity index (χ3v) is 5.52. The van der Waals surface area contributed by atoms with Gasteiger partial charge in [0.2, 0.25) is 23.6 Å². The van der Waals surface area contributed by atoms with Crippen LogP contribution in [0.5, 0.6) is 5.75 Å². The SMILES string of the molecule is COCC1NC(=O)[C@@H](NC(C)=O)CC2=C=C=CC(=C2)Oc2cccc(c2)C[C@@H](C(=O)NCC(F)(F)F)NC1=O. The zero-order chi connectivity index (χ0) is 28.6. The second-order valence-corrected chi connectivity index (χ2v) is 8.81. The summed E-state index contributed by atoms with van der Waals surface area (Å²) in [7, 11) is 1.28. The Balaban J connectivity index is 2.00. The van der Waals surface area contributed by atoms with E-state index in [1.54, 1.807) is 35.7 Å². The van der Waals surface area contributed by atoms with Crippen molar-refractivity contribution in [2.75, 3.05) is 20.3 Å². The number of allylic oxidation sites excluding steroid dienone is 2. The summed E-state index contributed by atoms with van der Waals surface area (Å²) in [6, 6.07) is 2.56. The molecular weight excluding hydrogens is 521 g/mol. The first kappa shape index (κ1) is 29.2. The maximum absolute atomic E-state index is 13.1. The maximum Gasteiger partial charge on any atom is 0.405 e. The molecule has 208 valence electrons. The molecule has 1 heterocycles. The lowest BCUT2D eigenvalue weighted by atomic mass is 10.0. The Morgan fingerprint density at radius 2 is 1.95 bits per heavy atom. The smallest absolute Gasteiger partial charge is 0.405 e. The fraction of sp³-hybridized carbons (Fsp3) is 0.385. The summed E-state index contributed by atoms with van der Waals surface area (Å²) in [5, 5.41) is 9.18. The predicted octanol–water partition coefficient (Wildman–Crippen LogP) is 0.945. The van der Waals surface area contributed by atoms with Crippen LogP contribution in [0, 0.1) is 0 Å². The first-order valence-corrected chi connectivity index (χ1v) is 11.8. The standard InChI is InChI=1S/C26H27F3N4O6/c1-15(34)31-21-12-17-6-4-8-19(10-17)39-18-7-3-5-16(9-18)11-20(23(35)30-14-26(27,28)29)32-25(37)22(13-38-2)33-24(21)36/h3,5,7-10,20-22H,11-14H2,1-2H3,(H,30,35)(H,31,34)(H,32,37)(H,33,36)/t20-,21-,22?/m0/s1. The van der Waals surface area contributed by atoms with E-state index >= 15 is 0 Å². The molecule has 0 saturated carbocycles. The van der Waals surface area contributed by atoms with Crippen molar-refractivity contribution >= 4 is 23.6 Å². The molecule has 1 aliphatic heterocycles. The van der Waals surface area contributed by atoms with E-state index < -0.39 is 54.5 Å². The van der Waals surface area contributed by atoms with Crippen LogP contribution in [0.4, 0.5) is 13.2 Å². The number of methoxy groups -OCH3 is 1. The van der Waals surface area contributed by atoms with Gasteiger partial charge >= 0.3 is 6.18 Å². The molecule has 2 aliphatic rings. The van der Waals surface area contributed by atoms with Gasteiger partial charge in [0.15, 0.2) is 0 Å². The Labute approximate surface area is 222 Å². The number of rotatable bonds is 5. The van der Waals surface area contributed by atoms with Crippen LogP contribution in [0.1, 0.15) is 18.9 Å². The number of hydrogen-bond acceptors (Lipinski definition) is 6. The Morgan fingerprint density at radius 1 is 1.18 bits per heavy atom. The summed E-state index contributed by atoms with van der Waals surface area (Å²) >= 11 is 0. The van der Waals surface area contributed by atoms with Crippen LogP contribution >= 0.6 is 0 Å². The second-order valence-electron chi connectivity index (χ2n) is 8.81. The van der Waals surface area contributed by atoms with Gasteiger partial charge in [0.25, 0.3) is 0 Å². The van der Waals surface area contributed by atoms with Crippen LogP contribution in [0.2, 0.25) is 0 Å². The Kier molecular flexibility index (Phi) is 9.73. The van der Waals surface area contributed by atoms with E-state index in [1.165, 1.54) is 20.1 Å². The highest BCUT2D eigenvalue weighted by atomic mass is 19.4. The lowest BCUT2D eigenvalue weighted by Crippen LogP contribution is -2.58. The molecule has 10 nitrogen and oxygen atoms in total. The number of nitrogens with one attached hydrogen (secondary N) is 4. The van der Waals surface area contributed by atoms with Crippen molar-refractivity contribution in [3.05, 3.63) is 64.8 Å². The van der Waals surface area contributed by atoms with Crippen molar-refractivity contribution in [2.24, 2.45) is 0 Å². The van der Waals surface area contributed by atoms with Crippen molar-refractivity contribution in [1.82, 2.24) is 21.3 Å². The molecule has 4 amide bonds. The van der Waals surface area contributed by atoms with Gasteiger partial charge < -0.3 is 30.7 Å². The average molecular weight is 549 g/mol. The molecule has 3 atom stereocenters. The van der Waals surface area contributed by atoms with Crippen LogP contribution in [0.25, 0.3) is 0 Å². The molecule has 0 saturated heterocycles. The highest BCUT2D eigenvalue weighted by Crippen LogP contribution is 2.21. The monoisotopic (exact) mass is 548 g/mol. The first-order valence-electron chi connectivity index (χ1n) is 11.8. The molecule has 1 unspecified atom stereocenters. The van der Waals surface area contributed by atoms with Gasteiger partial charge in [-0.3, -0.25) is 19.2 Å². The van der Waals surface area contributed by atoms with E-state index in [4.69, 9.17) is 9.47 Å². The van der Waals surface area contributed by atoms with Gasteiger partial charge in [0, 0.05) is 38.5 Å². The van der Waals surface area contributed by atoms with E-state index in [9.17, 15) is 32.3 Å². The summed E-state index contributed by atoms with van der Waals surface area (Å²) < 4.78 is 49.2. The molecule has 4 N–H and O–H groups in total. The minimum Gasteiger partial charge on any atom is -0.457 e. The van der Waals surface area contributed by atoms with Crippen LogP contribution in [0.15, 0.2) is 59.2 Å². The minimum atomic E-state index is -4.67. The van der Waals surface area contributed by atoms with E-state index in [-0.39, 0.29) is 19.4 Å². The van der Waals surface area contributed by atoms with Gasteiger partial charge in [0.1, 0.15) is 36.2 Å². The number of halogens is 3. The van der Waals surface area contributed by atoms with Gasteiger partial charge in [-0.15, -0.1) is 0 Å². The van der Waals surface area contributed by atoms with Crippen LogP contribution < -0.4 is 26.0 Å². The highest BCUT2D eigenvalue weighted by molar-refractivity contribution is 5.94. The fourth-order valence-electron chi connectivity index (χ4n) is 3.81. The molecule has 4 bridgehead atoms. The van der Waals surface area contributed by atoms with Crippen molar-refractivity contribution < 1.29 is 41.8 Å². The molecule has 0 spiro atoms. The Morgan fingerprint density at radius 3 is 2.64 bits per heavy atom. The second kappa shape index (κ2) is 13.0. The molecule has 1 aromatic carbocycles. The van der Waals surface area contributed by atoms with E-state index in [2.05, 4.69) is 27.4 Å². The number of benzene rings is 1. The maximum atomic E-state index is 13.1. The third-order valence-electron chi connectivity index (χ3n) is 5.52. The number of carbonyl (C=O) groups is 4. The topological polar surface area (TPSA) is 135 Å². The van der Waals surface area contributed by atoms with Gasteiger partial charge in [-0.2, -0.15) is 13.2 Å². The number of ether oxygens (including phenoxy) is 2. The van der Waals surface area contributed by atoms with Gasteiger partial charge in [-0.05, 0) is 23.8 Å². The van der Waals surface area contributed by atoms with Crippen LogP contribution in [0.3, 0.4) is 0 Å². The highest BCUT2D eigenvalue weighted by Gasteiger charge is 2.33. The zero-order valence-electron chi connectivity index (χ0n) is 21.1. The molecule has 13 heteroatoms. The predicted molar refractivity (Wildman–Crippen MR) is 131 cm³/mol. The van der Waals surface area contributed by atoms with Crippen LogP contribution in [-0.4, -0.2) is 68.2 Å². The normalized spacial score (nSPS) is 21.5. The number of carbonyl (C=O) groups excluding carboxylic acids is 4. The lowest BCUT2D eigenvalue weighted by molar-refractivity contribution is -0.141. The molecule has 0 aromatic heterocycles. The van der Waals surface area contributed by atoms with E-state index in [0.717, 1.165) is 0 Å². The zero-order valence-corrected chi connectivity index (χ0v) is 21.1. The summed E-state index contributed by atoms with van der Waals surface area (Å²) in [4.78, 5) is 50.7. The summed E-state index contributed by atoms with van der Waals surface area (Å²) in [6.45, 7) is -0.694. The molecule has 39 heavy (non-hydrogen) atoms. The minimum absolute atomic E-state index is 0.0249. The Bertz CT molecular complexity index is 1260. The Hall–Kier alpha value is -4.31. The summed E-state index contributed by atoms with van der Waals surface area (Å²) in [5.41, 5.74) is 6.62. The molecule has 1 aromatic rings. The molecule has 0 fully saturated rings. The quantitative estimate of drug-likeness (QED) is 0.405. The van der Waals surface area contributed by atoms with Crippen molar-refractivity contribution in [1.29, 1.82) is 0 Å². The molecular formula is C26H27F3N4O6. The van der Waals surface area contributed by atoms with Crippen LogP contribution in [-0.2, 0) is 30.3 Å². The molecule has 3 rings (SSSR count). The molecule has 1 aliphatic carbocycles. The lowest BCUT2D eigenvalue weighted by Gasteiger charge is -2.25. The van der Waals surface area contributed by atoms with Gasteiger partial charge in [-0.25, -0.2) is 0 Å². The fourth-order valence-corrected chi connectivity index (χ4v) is 3.81. The number of fused-ring (bicyclic) bond motifs is 3. The first-order chi connectivity index (χ1) is 18.4. The number of hydrogen-bond donors (Lipinski definition) is 4. The van der Waals surface area contributed by atoms with Crippen molar-refractivity contribution in [3.63, 3.8) is 0 Å². The van der Waals surface area contributed by atoms with Gasteiger partial charge in [0.05, 0.1) is 6.61 Å². The third kappa shape index (κ3) is 9.19. The summed E-state index contributed by atoms with van der Waals surface area (Å²) in [6.07, 6.45) is -1.77. The molecule has 0 radical (unpaired) electrons. The largest absolute Gasteiger partial charge is 0.457 e. The van der Waals surface area contributed by atoms with Gasteiger partial charge in [-0.1, -0.05) is 23.6 Å². The number of amides is 4. The average Bonchev–Trinajstić information content (AvgIpc) is 2.85. The summed E-state index contributed by atoms with van der Waals surface area (Å²) in [5.74, 6) is -2.51. The van der Waals surface area contributed by atoms with E-state index in [1.807, 2.05) is 0 Å². The van der Waals surface area contributed by atoms with Crippen molar-refractivity contribution in [2.45, 2.75) is 44.1 Å². The van der Waals surface area contributed by atoms with Crippen molar-refractivity contribution in [3.8, 4) is 5.75 Å².